The molecule has 0 spiro atoms. The quantitative estimate of drug-likeness (QED) is 0.902. The lowest BCUT2D eigenvalue weighted by Crippen LogP contribution is -2.09. The molecular formula is C13H12N2OS. The monoisotopic (exact) mass is 244 g/mol. The summed E-state index contributed by atoms with van der Waals surface area (Å²) >= 11 is 1.37. The van der Waals surface area contributed by atoms with E-state index in [4.69, 9.17) is 5.73 Å². The van der Waals surface area contributed by atoms with E-state index in [2.05, 4.69) is 11.1 Å². The van der Waals surface area contributed by atoms with Crippen LogP contribution in [-0.2, 0) is 0 Å². The highest BCUT2D eigenvalue weighted by Gasteiger charge is 2.24. The summed E-state index contributed by atoms with van der Waals surface area (Å²) in [7, 11) is 0. The molecule has 0 aliphatic heterocycles. The molecule has 0 unspecified atom stereocenters. The second-order valence-corrected chi connectivity index (χ2v) is 5.19. The molecule has 2 heterocycles. The van der Waals surface area contributed by atoms with Crippen molar-refractivity contribution in [3.8, 4) is 11.1 Å². The van der Waals surface area contributed by atoms with Crippen molar-refractivity contribution in [2.24, 2.45) is 5.73 Å². The number of carbonyl (C=O) groups is 1. The Morgan fingerprint density at radius 3 is 2.76 bits per heavy atom. The molecule has 1 saturated carbocycles. The van der Waals surface area contributed by atoms with E-state index in [0.29, 0.717) is 10.8 Å². The van der Waals surface area contributed by atoms with Gasteiger partial charge in [-0.05, 0) is 30.4 Å². The maximum Gasteiger partial charge on any atom is 0.259 e. The first-order valence-electron chi connectivity index (χ1n) is 5.59. The standard InChI is InChI=1S/C13H12N2OS/c14-13(16)12-10(5-6-17-12)9-3-4-11(15-7-9)8-1-2-8/h3-8H,1-2H2,(H2,14,16). The van der Waals surface area contributed by atoms with Crippen LogP contribution in [0.1, 0.15) is 34.1 Å². The van der Waals surface area contributed by atoms with Gasteiger partial charge in [0.15, 0.2) is 0 Å². The Morgan fingerprint density at radius 2 is 2.18 bits per heavy atom. The zero-order chi connectivity index (χ0) is 11.8. The zero-order valence-electron chi connectivity index (χ0n) is 9.22. The first-order chi connectivity index (χ1) is 8.25. The smallest absolute Gasteiger partial charge is 0.259 e. The first-order valence-corrected chi connectivity index (χ1v) is 6.47. The fraction of sp³-hybridized carbons (Fsp3) is 0.231. The summed E-state index contributed by atoms with van der Waals surface area (Å²) < 4.78 is 0. The molecule has 0 saturated heterocycles. The summed E-state index contributed by atoms with van der Waals surface area (Å²) in [6.07, 6.45) is 4.33. The van der Waals surface area contributed by atoms with Crippen molar-refractivity contribution in [3.63, 3.8) is 0 Å². The molecule has 1 aliphatic carbocycles. The van der Waals surface area contributed by atoms with E-state index in [-0.39, 0.29) is 5.91 Å². The van der Waals surface area contributed by atoms with E-state index in [1.807, 2.05) is 23.7 Å². The summed E-state index contributed by atoms with van der Waals surface area (Å²) in [5, 5.41) is 1.88. The van der Waals surface area contributed by atoms with Gasteiger partial charge in [0.2, 0.25) is 0 Å². The van der Waals surface area contributed by atoms with Gasteiger partial charge in [0, 0.05) is 28.9 Å². The van der Waals surface area contributed by atoms with E-state index in [1.165, 1.54) is 24.2 Å². The number of rotatable bonds is 3. The number of thiophene rings is 1. The van der Waals surface area contributed by atoms with Crippen molar-refractivity contribution in [2.45, 2.75) is 18.8 Å². The Hall–Kier alpha value is -1.68. The number of nitrogens with two attached hydrogens (primary N) is 1. The Morgan fingerprint density at radius 1 is 1.35 bits per heavy atom. The van der Waals surface area contributed by atoms with Crippen molar-refractivity contribution in [1.82, 2.24) is 4.98 Å². The minimum absolute atomic E-state index is 0.374. The summed E-state index contributed by atoms with van der Waals surface area (Å²) in [6.45, 7) is 0. The molecule has 1 fully saturated rings. The molecule has 2 aromatic heterocycles. The second kappa shape index (κ2) is 3.96. The molecular weight excluding hydrogens is 232 g/mol. The van der Waals surface area contributed by atoms with Crippen molar-refractivity contribution in [2.75, 3.05) is 0 Å². The molecule has 2 aromatic rings. The highest BCUT2D eigenvalue weighted by molar-refractivity contribution is 7.12. The number of hydrogen-bond donors (Lipinski definition) is 1. The van der Waals surface area contributed by atoms with Crippen LogP contribution in [0.2, 0.25) is 0 Å². The highest BCUT2D eigenvalue weighted by atomic mass is 32.1. The van der Waals surface area contributed by atoms with Crippen molar-refractivity contribution in [3.05, 3.63) is 40.3 Å². The third-order valence-corrected chi connectivity index (χ3v) is 3.91. The molecule has 1 amide bonds. The lowest BCUT2D eigenvalue weighted by Gasteiger charge is -2.02. The number of amides is 1. The number of hydrogen-bond acceptors (Lipinski definition) is 3. The predicted octanol–water partition coefficient (Wildman–Crippen LogP) is 2.79. The van der Waals surface area contributed by atoms with E-state index in [9.17, 15) is 4.79 Å². The van der Waals surface area contributed by atoms with E-state index < -0.39 is 0 Å². The van der Waals surface area contributed by atoms with Crippen LogP contribution in [0.15, 0.2) is 29.8 Å². The minimum Gasteiger partial charge on any atom is -0.365 e. The minimum atomic E-state index is -0.374. The molecule has 0 bridgehead atoms. The molecule has 1 aliphatic rings. The third kappa shape index (κ3) is 1.96. The molecule has 4 heteroatoms. The topological polar surface area (TPSA) is 56.0 Å². The van der Waals surface area contributed by atoms with E-state index in [1.54, 1.807) is 0 Å². The fourth-order valence-electron chi connectivity index (χ4n) is 1.91. The summed E-state index contributed by atoms with van der Waals surface area (Å²) in [5.41, 5.74) is 8.34. The summed E-state index contributed by atoms with van der Waals surface area (Å²) in [6, 6.07) is 5.99. The highest BCUT2D eigenvalue weighted by Crippen LogP contribution is 2.39. The van der Waals surface area contributed by atoms with Crippen LogP contribution in [0.3, 0.4) is 0 Å². The molecule has 17 heavy (non-hydrogen) atoms. The molecule has 86 valence electrons. The number of nitrogens with zero attached hydrogens (tertiary/aromatic N) is 1. The van der Waals surface area contributed by atoms with Crippen LogP contribution in [0.4, 0.5) is 0 Å². The average Bonchev–Trinajstić information content (AvgIpc) is 3.06. The van der Waals surface area contributed by atoms with Crippen molar-refractivity contribution < 1.29 is 4.79 Å². The number of aromatic nitrogens is 1. The van der Waals surface area contributed by atoms with Gasteiger partial charge in [-0.25, -0.2) is 0 Å². The normalized spacial score (nSPS) is 14.8. The lowest BCUT2D eigenvalue weighted by atomic mass is 10.1. The van der Waals surface area contributed by atoms with Crippen molar-refractivity contribution >= 4 is 17.2 Å². The number of pyridine rings is 1. The van der Waals surface area contributed by atoms with Gasteiger partial charge in [0.25, 0.3) is 5.91 Å². The SMILES string of the molecule is NC(=O)c1sccc1-c1ccc(C2CC2)nc1. The van der Waals surface area contributed by atoms with Gasteiger partial charge in [0.05, 0.1) is 4.88 Å². The molecule has 0 radical (unpaired) electrons. The summed E-state index contributed by atoms with van der Waals surface area (Å²) in [4.78, 5) is 16.3. The molecule has 0 aromatic carbocycles. The van der Waals surface area contributed by atoms with Crippen LogP contribution in [0, 0.1) is 0 Å². The van der Waals surface area contributed by atoms with Crippen LogP contribution in [-0.4, -0.2) is 10.9 Å². The van der Waals surface area contributed by atoms with Crippen molar-refractivity contribution in [1.29, 1.82) is 0 Å². The van der Waals surface area contributed by atoms with Crippen LogP contribution in [0.25, 0.3) is 11.1 Å². The van der Waals surface area contributed by atoms with Crippen LogP contribution >= 0.6 is 11.3 Å². The second-order valence-electron chi connectivity index (χ2n) is 4.27. The molecule has 2 N–H and O–H groups in total. The van der Waals surface area contributed by atoms with Gasteiger partial charge >= 0.3 is 0 Å². The average molecular weight is 244 g/mol. The van der Waals surface area contributed by atoms with Gasteiger partial charge in [0.1, 0.15) is 0 Å². The Kier molecular flexibility index (Phi) is 2.44. The first kappa shape index (κ1) is 10.5. The van der Waals surface area contributed by atoms with Gasteiger partial charge in [-0.2, -0.15) is 0 Å². The van der Waals surface area contributed by atoms with Gasteiger partial charge < -0.3 is 5.73 Å². The van der Waals surface area contributed by atoms with Crippen LogP contribution < -0.4 is 5.73 Å². The molecule has 3 nitrogen and oxygen atoms in total. The Balaban J connectivity index is 1.97. The fourth-order valence-corrected chi connectivity index (χ4v) is 2.68. The number of carbonyl (C=O) groups excluding carboxylic acids is 1. The van der Waals surface area contributed by atoms with Crippen LogP contribution in [0.5, 0.6) is 0 Å². The van der Waals surface area contributed by atoms with E-state index in [0.717, 1.165) is 16.8 Å². The largest absolute Gasteiger partial charge is 0.365 e. The van der Waals surface area contributed by atoms with Gasteiger partial charge in [-0.3, -0.25) is 9.78 Å². The lowest BCUT2D eigenvalue weighted by molar-refractivity contribution is 0.100. The Labute approximate surface area is 103 Å². The molecule has 0 atom stereocenters. The Bertz CT molecular complexity index is 555. The maximum atomic E-state index is 11.3. The predicted molar refractivity (Wildman–Crippen MR) is 68.0 cm³/mol. The van der Waals surface area contributed by atoms with Gasteiger partial charge in [-0.1, -0.05) is 6.07 Å². The van der Waals surface area contributed by atoms with E-state index >= 15 is 0 Å². The molecule has 3 rings (SSSR count). The zero-order valence-corrected chi connectivity index (χ0v) is 10.0. The number of primary amides is 1. The third-order valence-electron chi connectivity index (χ3n) is 2.98. The van der Waals surface area contributed by atoms with Gasteiger partial charge in [-0.15, -0.1) is 11.3 Å². The summed E-state index contributed by atoms with van der Waals surface area (Å²) in [5.74, 6) is 0.281. The maximum absolute atomic E-state index is 11.3.